The van der Waals surface area contributed by atoms with E-state index in [1.54, 1.807) is 42.6 Å². The first-order chi connectivity index (χ1) is 16.7. The lowest BCUT2D eigenvalue weighted by atomic mass is 10.0. The SMILES string of the molecule is CS(=O)(=O)c1cccc(-c2ccc(N3C=C(C(=O)NCCO)NC3c3c(Cl)cccc3Cl)cc2)c1. The molecule has 7 nitrogen and oxygen atoms in total. The van der Waals surface area contributed by atoms with Gasteiger partial charge in [-0.25, -0.2) is 8.42 Å². The molecule has 4 rings (SSSR count). The standard InChI is InChI=1S/C25H23Cl2N3O4S/c1-35(33,34)19-5-2-4-17(14-19)16-8-10-18(11-9-16)30-15-22(25(32)28-12-13-31)29-24(30)23-20(26)6-3-7-21(23)27/h2-11,14-15,24,29,31H,12-13H2,1H3,(H,28,32). The second-order valence-corrected chi connectivity index (χ2v) is 10.8. The zero-order chi connectivity index (χ0) is 25.2. The third-order valence-corrected chi connectivity index (χ3v) is 7.28. The number of hydrogen-bond donors (Lipinski definition) is 3. The molecule has 0 aliphatic carbocycles. The van der Waals surface area contributed by atoms with Gasteiger partial charge < -0.3 is 20.6 Å². The van der Waals surface area contributed by atoms with Crippen LogP contribution in [0.4, 0.5) is 5.69 Å². The maximum absolute atomic E-state index is 12.6. The minimum atomic E-state index is -3.32. The van der Waals surface area contributed by atoms with Crippen LogP contribution >= 0.6 is 23.2 Å². The monoisotopic (exact) mass is 531 g/mol. The van der Waals surface area contributed by atoms with Crippen LogP contribution in [0, 0.1) is 0 Å². The second kappa shape index (κ2) is 10.3. The summed E-state index contributed by atoms with van der Waals surface area (Å²) in [5, 5.41) is 15.7. The fourth-order valence-corrected chi connectivity index (χ4v) is 5.07. The molecule has 0 bridgehead atoms. The highest BCUT2D eigenvalue weighted by molar-refractivity contribution is 7.90. The van der Waals surface area contributed by atoms with Crippen LogP contribution < -0.4 is 15.5 Å². The molecular formula is C25H23Cl2N3O4S. The molecule has 3 aromatic rings. The van der Waals surface area contributed by atoms with Gasteiger partial charge in [0.25, 0.3) is 5.91 Å². The fraction of sp³-hybridized carbons (Fsp3) is 0.160. The van der Waals surface area contributed by atoms with Crippen molar-refractivity contribution in [1.29, 1.82) is 0 Å². The number of sulfone groups is 1. The van der Waals surface area contributed by atoms with Gasteiger partial charge in [0.05, 0.1) is 11.5 Å². The van der Waals surface area contributed by atoms with Gasteiger partial charge in [-0.1, -0.05) is 53.5 Å². The van der Waals surface area contributed by atoms with Crippen LogP contribution in [0.25, 0.3) is 11.1 Å². The molecule has 1 aliphatic rings. The van der Waals surface area contributed by atoms with E-state index in [4.69, 9.17) is 28.3 Å². The van der Waals surface area contributed by atoms with Gasteiger partial charge >= 0.3 is 0 Å². The average molecular weight is 532 g/mol. The molecule has 182 valence electrons. The summed E-state index contributed by atoms with van der Waals surface area (Å²) in [6.45, 7) is -0.0545. The number of nitrogens with zero attached hydrogens (tertiary/aromatic N) is 1. The lowest BCUT2D eigenvalue weighted by Crippen LogP contribution is -2.34. The Morgan fingerprint density at radius 1 is 1.03 bits per heavy atom. The molecule has 3 N–H and O–H groups in total. The number of hydrogen-bond acceptors (Lipinski definition) is 6. The number of aliphatic hydroxyl groups excluding tert-OH is 1. The summed E-state index contributed by atoms with van der Waals surface area (Å²) in [4.78, 5) is 14.7. The fourth-order valence-electron chi connectivity index (χ4n) is 3.80. The number of carbonyl (C=O) groups excluding carboxylic acids is 1. The van der Waals surface area contributed by atoms with Crippen molar-refractivity contribution in [2.45, 2.75) is 11.1 Å². The van der Waals surface area contributed by atoms with Crippen LogP contribution in [0.15, 0.2) is 83.5 Å². The Bertz CT molecular complexity index is 1370. The number of aliphatic hydroxyl groups is 1. The molecule has 0 saturated heterocycles. The van der Waals surface area contributed by atoms with E-state index in [0.29, 0.717) is 21.3 Å². The zero-order valence-electron chi connectivity index (χ0n) is 18.7. The number of nitrogens with one attached hydrogen (secondary N) is 2. The van der Waals surface area contributed by atoms with E-state index in [-0.39, 0.29) is 24.0 Å². The van der Waals surface area contributed by atoms with E-state index in [1.165, 1.54) is 6.26 Å². The number of benzene rings is 3. The summed E-state index contributed by atoms with van der Waals surface area (Å²) < 4.78 is 23.9. The largest absolute Gasteiger partial charge is 0.395 e. The maximum atomic E-state index is 12.6. The Labute approximate surface area is 213 Å². The van der Waals surface area contributed by atoms with Crippen molar-refractivity contribution in [3.05, 3.63) is 94.2 Å². The van der Waals surface area contributed by atoms with Crippen LogP contribution in [0.1, 0.15) is 11.7 Å². The van der Waals surface area contributed by atoms with Crippen molar-refractivity contribution >= 4 is 44.6 Å². The first-order valence-corrected chi connectivity index (χ1v) is 13.3. The van der Waals surface area contributed by atoms with Gasteiger partial charge in [0.15, 0.2) is 9.84 Å². The summed E-state index contributed by atoms with van der Waals surface area (Å²) in [7, 11) is -3.32. The van der Waals surface area contributed by atoms with E-state index in [0.717, 1.165) is 16.8 Å². The summed E-state index contributed by atoms with van der Waals surface area (Å²) in [6.07, 6.45) is 2.29. The van der Waals surface area contributed by atoms with Crippen molar-refractivity contribution in [3.63, 3.8) is 0 Å². The average Bonchev–Trinajstić information content (AvgIpc) is 3.27. The van der Waals surface area contributed by atoms with Crippen molar-refractivity contribution in [2.75, 3.05) is 24.3 Å². The first kappa shape index (κ1) is 25.1. The molecule has 35 heavy (non-hydrogen) atoms. The lowest BCUT2D eigenvalue weighted by molar-refractivity contribution is -0.118. The number of carbonyl (C=O) groups is 1. The summed E-state index contributed by atoms with van der Waals surface area (Å²) >= 11 is 12.9. The Kier molecular flexibility index (Phi) is 7.37. The number of rotatable bonds is 7. The van der Waals surface area contributed by atoms with Crippen molar-refractivity contribution in [3.8, 4) is 11.1 Å². The van der Waals surface area contributed by atoms with Gasteiger partial charge in [-0.05, 0) is 47.5 Å². The number of amides is 1. The van der Waals surface area contributed by atoms with E-state index < -0.39 is 16.0 Å². The third kappa shape index (κ3) is 5.46. The van der Waals surface area contributed by atoms with E-state index in [9.17, 15) is 13.2 Å². The molecule has 3 aromatic carbocycles. The number of anilines is 1. The highest BCUT2D eigenvalue weighted by Gasteiger charge is 2.32. The molecule has 1 amide bonds. The van der Waals surface area contributed by atoms with Crippen LogP contribution in [0.2, 0.25) is 10.0 Å². The molecule has 0 saturated carbocycles. The summed E-state index contributed by atoms with van der Waals surface area (Å²) in [6, 6.07) is 19.4. The lowest BCUT2D eigenvalue weighted by Gasteiger charge is -2.27. The quantitative estimate of drug-likeness (QED) is 0.424. The van der Waals surface area contributed by atoms with Crippen molar-refractivity contribution in [2.24, 2.45) is 0 Å². The summed E-state index contributed by atoms with van der Waals surface area (Å²) in [5.74, 6) is -0.371. The van der Waals surface area contributed by atoms with E-state index >= 15 is 0 Å². The molecule has 0 aromatic heterocycles. The minimum Gasteiger partial charge on any atom is -0.395 e. The molecule has 0 fully saturated rings. The third-order valence-electron chi connectivity index (χ3n) is 5.51. The normalized spacial score (nSPS) is 15.5. The van der Waals surface area contributed by atoms with E-state index in [1.807, 2.05) is 35.2 Å². The second-order valence-electron chi connectivity index (χ2n) is 7.96. The molecule has 0 radical (unpaired) electrons. The number of halogens is 2. The molecule has 0 spiro atoms. The van der Waals surface area contributed by atoms with Crippen LogP contribution in [0.5, 0.6) is 0 Å². The Morgan fingerprint density at radius 3 is 2.31 bits per heavy atom. The van der Waals surface area contributed by atoms with Gasteiger partial charge in [0, 0.05) is 40.3 Å². The molecule has 1 aliphatic heterocycles. The van der Waals surface area contributed by atoms with Gasteiger partial charge in [0.1, 0.15) is 11.9 Å². The zero-order valence-corrected chi connectivity index (χ0v) is 21.0. The molecule has 10 heteroatoms. The predicted molar refractivity (Wildman–Crippen MR) is 138 cm³/mol. The van der Waals surface area contributed by atoms with Crippen molar-refractivity contribution < 1.29 is 18.3 Å². The predicted octanol–water partition coefficient (Wildman–Crippen LogP) is 4.12. The van der Waals surface area contributed by atoms with Gasteiger partial charge in [-0.15, -0.1) is 0 Å². The van der Waals surface area contributed by atoms with Crippen LogP contribution in [-0.2, 0) is 14.6 Å². The maximum Gasteiger partial charge on any atom is 0.269 e. The highest BCUT2D eigenvalue weighted by Crippen LogP contribution is 2.38. The smallest absolute Gasteiger partial charge is 0.269 e. The van der Waals surface area contributed by atoms with Crippen molar-refractivity contribution in [1.82, 2.24) is 10.6 Å². The molecule has 1 unspecified atom stereocenters. The van der Waals surface area contributed by atoms with Gasteiger partial charge in [-0.3, -0.25) is 4.79 Å². The topological polar surface area (TPSA) is 98.7 Å². The summed E-state index contributed by atoms with van der Waals surface area (Å²) in [5.41, 5.74) is 3.27. The highest BCUT2D eigenvalue weighted by atomic mass is 35.5. The van der Waals surface area contributed by atoms with Gasteiger partial charge in [0.2, 0.25) is 0 Å². The Hall–Kier alpha value is -3.04. The first-order valence-electron chi connectivity index (χ1n) is 10.7. The van der Waals surface area contributed by atoms with Gasteiger partial charge in [-0.2, -0.15) is 0 Å². The Balaban J connectivity index is 1.70. The van der Waals surface area contributed by atoms with Crippen LogP contribution in [0.3, 0.4) is 0 Å². The van der Waals surface area contributed by atoms with Crippen LogP contribution in [-0.4, -0.2) is 38.8 Å². The molecule has 1 atom stereocenters. The molecular weight excluding hydrogens is 509 g/mol. The molecule has 1 heterocycles. The Morgan fingerprint density at radius 2 is 1.69 bits per heavy atom. The minimum absolute atomic E-state index is 0.122. The van der Waals surface area contributed by atoms with E-state index in [2.05, 4.69) is 10.6 Å².